The molecule has 132 valence electrons. The SMILES string of the molecule is c1ccc(N2CCc3ccccc3C2Cc2ccc3ccccc3c2)cc1. The number of fused-ring (bicyclic) bond motifs is 2. The Morgan fingerprint density at radius 3 is 2.33 bits per heavy atom. The lowest BCUT2D eigenvalue weighted by atomic mass is 9.88. The molecule has 0 saturated carbocycles. The Balaban J connectivity index is 1.56. The number of nitrogens with zero attached hydrogens (tertiary/aromatic N) is 1. The summed E-state index contributed by atoms with van der Waals surface area (Å²) >= 11 is 0. The molecule has 4 aromatic rings. The van der Waals surface area contributed by atoms with Gasteiger partial charge in [-0.05, 0) is 52.4 Å². The van der Waals surface area contributed by atoms with Crippen molar-refractivity contribution in [2.24, 2.45) is 0 Å². The van der Waals surface area contributed by atoms with Crippen LogP contribution in [0, 0.1) is 0 Å². The fourth-order valence-electron chi connectivity index (χ4n) is 4.39. The Hall–Kier alpha value is -3.06. The van der Waals surface area contributed by atoms with Gasteiger partial charge in [0.05, 0.1) is 6.04 Å². The number of anilines is 1. The van der Waals surface area contributed by atoms with Crippen molar-refractivity contribution in [3.63, 3.8) is 0 Å². The van der Waals surface area contributed by atoms with Crippen LogP contribution in [-0.4, -0.2) is 6.54 Å². The number of benzene rings is 4. The van der Waals surface area contributed by atoms with E-state index in [4.69, 9.17) is 0 Å². The maximum Gasteiger partial charge on any atom is 0.0585 e. The highest BCUT2D eigenvalue weighted by atomic mass is 15.2. The van der Waals surface area contributed by atoms with Crippen LogP contribution in [-0.2, 0) is 12.8 Å². The Labute approximate surface area is 160 Å². The van der Waals surface area contributed by atoms with Gasteiger partial charge in [0.25, 0.3) is 0 Å². The predicted octanol–water partition coefficient (Wildman–Crippen LogP) is 6.19. The molecule has 0 aromatic heterocycles. The maximum absolute atomic E-state index is 2.58. The molecule has 1 heteroatoms. The van der Waals surface area contributed by atoms with Gasteiger partial charge in [-0.15, -0.1) is 0 Å². The molecule has 4 aromatic carbocycles. The molecule has 1 heterocycles. The van der Waals surface area contributed by atoms with Crippen LogP contribution in [0.4, 0.5) is 5.69 Å². The summed E-state index contributed by atoms with van der Waals surface area (Å²) in [4.78, 5) is 2.58. The van der Waals surface area contributed by atoms with Crippen LogP contribution in [0.3, 0.4) is 0 Å². The Bertz CT molecular complexity index is 1070. The van der Waals surface area contributed by atoms with Crippen molar-refractivity contribution in [2.75, 3.05) is 11.4 Å². The zero-order chi connectivity index (χ0) is 18.1. The van der Waals surface area contributed by atoms with Crippen molar-refractivity contribution in [3.8, 4) is 0 Å². The zero-order valence-electron chi connectivity index (χ0n) is 15.4. The minimum Gasteiger partial charge on any atom is -0.364 e. The normalized spacial score (nSPS) is 16.3. The van der Waals surface area contributed by atoms with Crippen molar-refractivity contribution >= 4 is 16.5 Å². The minimum atomic E-state index is 0.374. The van der Waals surface area contributed by atoms with Crippen LogP contribution in [0.15, 0.2) is 97.1 Å². The Morgan fingerprint density at radius 2 is 1.44 bits per heavy atom. The Kier molecular flexibility index (Phi) is 4.14. The van der Waals surface area contributed by atoms with E-state index in [1.807, 2.05) is 0 Å². The average molecular weight is 349 g/mol. The molecule has 0 aliphatic carbocycles. The lowest BCUT2D eigenvalue weighted by molar-refractivity contribution is 0.580. The largest absolute Gasteiger partial charge is 0.364 e. The van der Waals surface area contributed by atoms with Crippen LogP contribution in [0.1, 0.15) is 22.7 Å². The lowest BCUT2D eigenvalue weighted by Gasteiger charge is -2.39. The molecule has 27 heavy (non-hydrogen) atoms. The molecule has 1 aliphatic rings. The van der Waals surface area contributed by atoms with Gasteiger partial charge >= 0.3 is 0 Å². The molecule has 5 rings (SSSR count). The van der Waals surface area contributed by atoms with E-state index in [1.54, 1.807) is 0 Å². The van der Waals surface area contributed by atoms with E-state index in [0.29, 0.717) is 6.04 Å². The molecule has 0 saturated heterocycles. The van der Waals surface area contributed by atoms with Gasteiger partial charge in [-0.2, -0.15) is 0 Å². The first-order valence-corrected chi connectivity index (χ1v) is 9.76. The lowest BCUT2D eigenvalue weighted by Crippen LogP contribution is -2.36. The topological polar surface area (TPSA) is 3.24 Å². The van der Waals surface area contributed by atoms with E-state index in [1.165, 1.54) is 33.2 Å². The highest BCUT2D eigenvalue weighted by Gasteiger charge is 2.27. The molecule has 0 N–H and O–H groups in total. The third-order valence-electron chi connectivity index (χ3n) is 5.74. The second-order valence-corrected chi connectivity index (χ2v) is 7.38. The average Bonchev–Trinajstić information content (AvgIpc) is 2.74. The molecule has 0 amide bonds. The summed E-state index contributed by atoms with van der Waals surface area (Å²) in [6.07, 6.45) is 2.13. The zero-order valence-corrected chi connectivity index (χ0v) is 15.4. The Morgan fingerprint density at radius 1 is 0.704 bits per heavy atom. The second kappa shape index (κ2) is 6.92. The molecular formula is C26H23N. The van der Waals surface area contributed by atoms with Crippen LogP contribution >= 0.6 is 0 Å². The number of rotatable bonds is 3. The van der Waals surface area contributed by atoms with Crippen LogP contribution in [0.25, 0.3) is 10.8 Å². The van der Waals surface area contributed by atoms with E-state index in [-0.39, 0.29) is 0 Å². The monoisotopic (exact) mass is 349 g/mol. The molecule has 0 spiro atoms. The number of hydrogen-bond acceptors (Lipinski definition) is 1. The van der Waals surface area contributed by atoms with Crippen molar-refractivity contribution in [1.29, 1.82) is 0 Å². The van der Waals surface area contributed by atoms with Crippen molar-refractivity contribution in [2.45, 2.75) is 18.9 Å². The van der Waals surface area contributed by atoms with Crippen LogP contribution in [0.2, 0.25) is 0 Å². The fourth-order valence-corrected chi connectivity index (χ4v) is 4.39. The molecule has 1 atom stereocenters. The summed E-state index contributed by atoms with van der Waals surface area (Å²) in [5, 5.41) is 2.63. The van der Waals surface area contributed by atoms with Gasteiger partial charge in [0.15, 0.2) is 0 Å². The van der Waals surface area contributed by atoms with E-state index < -0.39 is 0 Å². The fraction of sp³-hybridized carbons (Fsp3) is 0.154. The van der Waals surface area contributed by atoms with Crippen molar-refractivity contribution in [3.05, 3.63) is 114 Å². The molecule has 0 radical (unpaired) electrons. The highest BCUT2D eigenvalue weighted by molar-refractivity contribution is 5.83. The number of para-hydroxylation sites is 1. The first-order valence-electron chi connectivity index (χ1n) is 9.76. The van der Waals surface area contributed by atoms with Crippen LogP contribution in [0.5, 0.6) is 0 Å². The van der Waals surface area contributed by atoms with Gasteiger partial charge in [-0.1, -0.05) is 84.9 Å². The summed E-state index contributed by atoms with van der Waals surface area (Å²) in [6, 6.07) is 35.7. The van der Waals surface area contributed by atoms with Gasteiger partial charge in [0, 0.05) is 12.2 Å². The minimum absolute atomic E-state index is 0.374. The highest BCUT2D eigenvalue weighted by Crippen LogP contribution is 2.36. The smallest absolute Gasteiger partial charge is 0.0585 e. The first kappa shape index (κ1) is 16.1. The summed E-state index contributed by atoms with van der Waals surface area (Å²) in [5.74, 6) is 0. The van der Waals surface area contributed by atoms with Gasteiger partial charge in [-0.3, -0.25) is 0 Å². The summed E-state index contributed by atoms with van der Waals surface area (Å²) in [7, 11) is 0. The van der Waals surface area contributed by atoms with Gasteiger partial charge < -0.3 is 4.90 Å². The molecule has 1 aliphatic heterocycles. The molecule has 0 bridgehead atoms. The summed E-state index contributed by atoms with van der Waals surface area (Å²) < 4.78 is 0. The van der Waals surface area contributed by atoms with Crippen molar-refractivity contribution in [1.82, 2.24) is 0 Å². The first-order chi connectivity index (χ1) is 13.4. The van der Waals surface area contributed by atoms with Gasteiger partial charge in [-0.25, -0.2) is 0 Å². The van der Waals surface area contributed by atoms with E-state index in [2.05, 4.69) is 102 Å². The molecule has 1 nitrogen and oxygen atoms in total. The molecular weight excluding hydrogens is 326 g/mol. The second-order valence-electron chi connectivity index (χ2n) is 7.38. The third-order valence-corrected chi connectivity index (χ3v) is 5.74. The maximum atomic E-state index is 2.58. The number of hydrogen-bond donors (Lipinski definition) is 0. The van der Waals surface area contributed by atoms with E-state index in [0.717, 1.165) is 19.4 Å². The van der Waals surface area contributed by atoms with Gasteiger partial charge in [0.1, 0.15) is 0 Å². The molecule has 0 fully saturated rings. The van der Waals surface area contributed by atoms with Gasteiger partial charge in [0.2, 0.25) is 0 Å². The predicted molar refractivity (Wildman–Crippen MR) is 114 cm³/mol. The third kappa shape index (κ3) is 3.10. The van der Waals surface area contributed by atoms with Crippen LogP contribution < -0.4 is 4.90 Å². The summed E-state index contributed by atoms with van der Waals surface area (Å²) in [6.45, 7) is 1.07. The van der Waals surface area contributed by atoms with E-state index >= 15 is 0 Å². The standard InChI is InChI=1S/C26H23N/c1-2-11-24(12-3-1)27-17-16-22-9-6-7-13-25(22)26(27)19-20-14-15-21-8-4-5-10-23(21)18-20/h1-15,18,26H,16-17,19H2. The quantitative estimate of drug-likeness (QED) is 0.426. The van der Waals surface area contributed by atoms with Crippen molar-refractivity contribution < 1.29 is 0 Å². The molecule has 1 unspecified atom stereocenters. The van der Waals surface area contributed by atoms with E-state index in [9.17, 15) is 0 Å². The summed E-state index contributed by atoms with van der Waals surface area (Å²) in [5.41, 5.74) is 5.69.